The first kappa shape index (κ1) is 23.7. The molecule has 33 heavy (non-hydrogen) atoms. The van der Waals surface area contributed by atoms with Crippen LogP contribution >= 0.6 is 34.3 Å². The number of thiazole rings is 1. The summed E-state index contributed by atoms with van der Waals surface area (Å²) in [5, 5.41) is 4.48. The number of amides is 1. The molecule has 1 amide bonds. The Kier molecular flexibility index (Phi) is 6.75. The van der Waals surface area contributed by atoms with Gasteiger partial charge in [0.05, 0.1) is 21.5 Å². The van der Waals surface area contributed by atoms with Gasteiger partial charge in [0.25, 0.3) is 0 Å². The van der Waals surface area contributed by atoms with Crippen LogP contribution in [0.3, 0.4) is 0 Å². The van der Waals surface area contributed by atoms with Gasteiger partial charge >= 0.3 is 0 Å². The van der Waals surface area contributed by atoms with Crippen molar-refractivity contribution in [2.45, 2.75) is 45.6 Å². The third-order valence-electron chi connectivity index (χ3n) is 5.16. The van der Waals surface area contributed by atoms with E-state index in [9.17, 15) is 9.59 Å². The fraction of sp³-hybridized carbons (Fsp3) is 0.320. The first-order valence-corrected chi connectivity index (χ1v) is 12.6. The minimum absolute atomic E-state index is 0.00576. The van der Waals surface area contributed by atoms with Crippen molar-refractivity contribution >= 4 is 52.0 Å². The van der Waals surface area contributed by atoms with E-state index in [-0.39, 0.29) is 23.2 Å². The molecule has 0 aliphatic carbocycles. The summed E-state index contributed by atoms with van der Waals surface area (Å²) in [6.45, 7) is 8.29. The van der Waals surface area contributed by atoms with Gasteiger partial charge in [-0.25, -0.2) is 4.98 Å². The van der Waals surface area contributed by atoms with Crippen molar-refractivity contribution in [2.24, 2.45) is 0 Å². The standard InChI is InChI=1S/C25H25ClN2O3S2/c1-14(29)20-6-7-21(33-20)15-9-16-10-17(31-23(16)19(26)11-15)12-27-22(30)8-5-18-13-28-24(32-18)25(2,3)4/h5-9,11,13,17H,10,12H2,1-4H3,(H,27,30). The summed E-state index contributed by atoms with van der Waals surface area (Å²) in [5.74, 6) is 0.539. The van der Waals surface area contributed by atoms with Crippen molar-refractivity contribution in [1.29, 1.82) is 0 Å². The van der Waals surface area contributed by atoms with E-state index in [0.717, 1.165) is 30.8 Å². The fourth-order valence-corrected chi connectivity index (χ4v) is 5.52. The Bertz CT molecular complexity index is 1240. The van der Waals surface area contributed by atoms with Crippen molar-refractivity contribution in [3.05, 3.63) is 61.9 Å². The van der Waals surface area contributed by atoms with Gasteiger partial charge in [0, 0.05) is 39.4 Å². The molecule has 1 aromatic carbocycles. The lowest BCUT2D eigenvalue weighted by atomic mass is 9.98. The van der Waals surface area contributed by atoms with E-state index in [2.05, 4.69) is 37.1 Å². The summed E-state index contributed by atoms with van der Waals surface area (Å²) < 4.78 is 6.00. The van der Waals surface area contributed by atoms with E-state index < -0.39 is 0 Å². The first-order chi connectivity index (χ1) is 15.6. The maximum Gasteiger partial charge on any atom is 0.244 e. The van der Waals surface area contributed by atoms with Gasteiger partial charge in [-0.1, -0.05) is 32.4 Å². The number of thiophene rings is 1. The van der Waals surface area contributed by atoms with Crippen LogP contribution in [0.2, 0.25) is 5.02 Å². The number of carbonyl (C=O) groups excluding carboxylic acids is 2. The number of rotatable bonds is 6. The van der Waals surface area contributed by atoms with E-state index in [1.807, 2.05) is 18.2 Å². The van der Waals surface area contributed by atoms with Gasteiger partial charge < -0.3 is 10.1 Å². The van der Waals surface area contributed by atoms with Crippen molar-refractivity contribution in [1.82, 2.24) is 10.3 Å². The zero-order valence-corrected chi connectivity index (χ0v) is 21.3. The van der Waals surface area contributed by atoms with Gasteiger partial charge in [-0.05, 0) is 42.8 Å². The quantitative estimate of drug-likeness (QED) is 0.325. The monoisotopic (exact) mass is 500 g/mol. The third kappa shape index (κ3) is 5.54. The molecule has 1 aliphatic heterocycles. The molecule has 0 spiro atoms. The number of fused-ring (bicyclic) bond motifs is 1. The number of carbonyl (C=O) groups is 2. The maximum atomic E-state index is 12.3. The molecular formula is C25H25ClN2O3S2. The Morgan fingerprint density at radius 1 is 1.27 bits per heavy atom. The second-order valence-corrected chi connectivity index (χ2v) is 11.6. The SMILES string of the molecule is CC(=O)c1ccc(-c2cc(Cl)c3c(c2)CC(CNC(=O)C=Cc2cnc(C(C)(C)C)s2)O3)s1. The Morgan fingerprint density at radius 3 is 2.73 bits per heavy atom. The van der Waals surface area contributed by atoms with E-state index in [4.69, 9.17) is 16.3 Å². The number of halogens is 1. The summed E-state index contributed by atoms with van der Waals surface area (Å²) in [7, 11) is 0. The van der Waals surface area contributed by atoms with E-state index in [0.29, 0.717) is 23.7 Å². The molecule has 1 aliphatic rings. The van der Waals surface area contributed by atoms with E-state index >= 15 is 0 Å². The van der Waals surface area contributed by atoms with Crippen LogP contribution in [-0.4, -0.2) is 29.3 Å². The number of ether oxygens (including phenoxy) is 1. The summed E-state index contributed by atoms with van der Waals surface area (Å²) in [6, 6.07) is 7.69. The van der Waals surface area contributed by atoms with Crippen molar-refractivity contribution < 1.29 is 14.3 Å². The summed E-state index contributed by atoms with van der Waals surface area (Å²) >= 11 is 9.52. The van der Waals surface area contributed by atoms with Crippen molar-refractivity contribution in [2.75, 3.05) is 6.54 Å². The minimum atomic E-state index is -0.183. The Balaban J connectivity index is 1.36. The lowest BCUT2D eigenvalue weighted by Crippen LogP contribution is -2.33. The van der Waals surface area contributed by atoms with Gasteiger partial charge in [-0.2, -0.15) is 0 Å². The van der Waals surface area contributed by atoms with Crippen LogP contribution in [0.25, 0.3) is 16.5 Å². The molecule has 3 aromatic rings. The molecule has 0 saturated carbocycles. The predicted molar refractivity (Wildman–Crippen MR) is 136 cm³/mol. The smallest absolute Gasteiger partial charge is 0.244 e. The van der Waals surface area contributed by atoms with Gasteiger partial charge in [-0.15, -0.1) is 22.7 Å². The Hall–Kier alpha value is -2.48. The van der Waals surface area contributed by atoms with Crippen LogP contribution in [-0.2, 0) is 16.6 Å². The molecule has 1 atom stereocenters. The number of Topliss-reactive ketones (excluding diaryl/α,β-unsaturated/α-hetero) is 1. The molecule has 172 valence electrons. The lowest BCUT2D eigenvalue weighted by Gasteiger charge is -2.13. The number of benzene rings is 1. The molecule has 0 fully saturated rings. The first-order valence-electron chi connectivity index (χ1n) is 10.6. The second-order valence-electron chi connectivity index (χ2n) is 9.01. The predicted octanol–water partition coefficient (Wildman–Crippen LogP) is 6.16. The molecule has 3 heterocycles. The summed E-state index contributed by atoms with van der Waals surface area (Å²) in [5.41, 5.74) is 1.96. The molecule has 0 saturated heterocycles. The summed E-state index contributed by atoms with van der Waals surface area (Å²) in [4.78, 5) is 31.0. The van der Waals surface area contributed by atoms with Crippen LogP contribution in [0.1, 0.15) is 52.8 Å². The fourth-order valence-electron chi connectivity index (χ4n) is 3.47. The van der Waals surface area contributed by atoms with Crippen LogP contribution in [0.4, 0.5) is 0 Å². The van der Waals surface area contributed by atoms with Gasteiger partial charge in [0.1, 0.15) is 11.9 Å². The molecule has 1 unspecified atom stereocenters. The van der Waals surface area contributed by atoms with Crippen molar-refractivity contribution in [3.63, 3.8) is 0 Å². The molecule has 4 rings (SSSR count). The van der Waals surface area contributed by atoms with Crippen molar-refractivity contribution in [3.8, 4) is 16.2 Å². The normalized spacial score (nSPS) is 15.5. The van der Waals surface area contributed by atoms with Crippen LogP contribution in [0.5, 0.6) is 5.75 Å². The van der Waals surface area contributed by atoms with E-state index in [1.165, 1.54) is 17.4 Å². The average molecular weight is 501 g/mol. The molecule has 8 heteroatoms. The zero-order chi connectivity index (χ0) is 23.8. The van der Waals surface area contributed by atoms with Crippen LogP contribution in [0, 0.1) is 0 Å². The number of aromatic nitrogens is 1. The van der Waals surface area contributed by atoms with Gasteiger partial charge in [-0.3, -0.25) is 9.59 Å². The zero-order valence-electron chi connectivity index (χ0n) is 18.9. The van der Waals surface area contributed by atoms with Gasteiger partial charge in [0.2, 0.25) is 5.91 Å². The molecule has 2 aromatic heterocycles. The number of nitrogens with zero attached hydrogens (tertiary/aromatic N) is 1. The summed E-state index contributed by atoms with van der Waals surface area (Å²) in [6.07, 6.45) is 5.57. The molecule has 1 N–H and O–H groups in total. The third-order valence-corrected chi connectivity index (χ3v) is 8.06. The van der Waals surface area contributed by atoms with Crippen LogP contribution < -0.4 is 10.1 Å². The highest BCUT2D eigenvalue weighted by molar-refractivity contribution is 7.17. The number of hydrogen-bond acceptors (Lipinski definition) is 6. The second kappa shape index (κ2) is 9.41. The molecule has 0 radical (unpaired) electrons. The highest BCUT2D eigenvalue weighted by Gasteiger charge is 2.26. The molecule has 0 bridgehead atoms. The number of nitrogens with one attached hydrogen (secondary N) is 1. The topological polar surface area (TPSA) is 68.3 Å². The Morgan fingerprint density at radius 2 is 2.06 bits per heavy atom. The van der Waals surface area contributed by atoms with Gasteiger partial charge in [0.15, 0.2) is 5.78 Å². The Labute approximate surface area is 206 Å². The molecular weight excluding hydrogens is 476 g/mol. The highest BCUT2D eigenvalue weighted by atomic mass is 35.5. The van der Waals surface area contributed by atoms with Crippen LogP contribution in [0.15, 0.2) is 36.5 Å². The number of hydrogen-bond donors (Lipinski definition) is 1. The number of ketones is 1. The average Bonchev–Trinajstić information content (AvgIpc) is 3.49. The lowest BCUT2D eigenvalue weighted by molar-refractivity contribution is -0.116. The minimum Gasteiger partial charge on any atom is -0.486 e. The van der Waals surface area contributed by atoms with E-state index in [1.54, 1.807) is 30.5 Å². The molecule has 5 nitrogen and oxygen atoms in total. The highest BCUT2D eigenvalue weighted by Crippen LogP contribution is 2.41. The largest absolute Gasteiger partial charge is 0.486 e. The maximum absolute atomic E-state index is 12.3.